The van der Waals surface area contributed by atoms with E-state index in [-0.39, 0.29) is 43.0 Å². The molecule has 0 heterocycles. The summed E-state index contributed by atoms with van der Waals surface area (Å²) in [5.41, 5.74) is 16.0. The van der Waals surface area contributed by atoms with Gasteiger partial charge in [0.25, 0.3) is 0 Å². The van der Waals surface area contributed by atoms with Crippen molar-refractivity contribution in [3.05, 3.63) is 222 Å². The first-order valence-corrected chi connectivity index (χ1v) is 25.0. The summed E-state index contributed by atoms with van der Waals surface area (Å²) in [6.45, 7) is 18.0. The van der Waals surface area contributed by atoms with Gasteiger partial charge in [0.15, 0.2) is 36.5 Å². The van der Waals surface area contributed by atoms with E-state index in [2.05, 4.69) is 225 Å². The van der Waals surface area contributed by atoms with Crippen molar-refractivity contribution >= 4 is 21.8 Å². The summed E-state index contributed by atoms with van der Waals surface area (Å²) in [4.78, 5) is 8.37. The number of benzene rings is 8. The van der Waals surface area contributed by atoms with Gasteiger partial charge in [0.05, 0.1) is 21.8 Å². The van der Waals surface area contributed by atoms with Gasteiger partial charge in [-0.1, -0.05) is 48.5 Å². The fourth-order valence-electron chi connectivity index (χ4n) is 7.63. The van der Waals surface area contributed by atoms with Gasteiger partial charge in [0.1, 0.15) is 0 Å². The van der Waals surface area contributed by atoms with Gasteiger partial charge >= 0.3 is 21.2 Å². The normalized spacial score (nSPS) is 11.4. The Labute approximate surface area is 368 Å². The minimum atomic E-state index is -0.292. The molecule has 0 aliphatic rings. The van der Waals surface area contributed by atoms with Crippen LogP contribution in [0.1, 0.15) is 44.5 Å². The van der Waals surface area contributed by atoms with Gasteiger partial charge in [-0.05, 0) is 221 Å². The Bertz CT molecular complexity index is 2450. The topological polar surface area (TPSA) is 0 Å². The molecule has 0 aliphatic heterocycles. The fraction of sp³-hybridized carbons (Fsp3) is 0.143. The largest absolute Gasteiger partial charge is 0.357 e. The first kappa shape index (κ1) is 40.9. The maximum absolute atomic E-state index is 2.35. The molecular weight excluding hydrogens is 864 g/mol. The molecule has 0 amide bonds. The summed E-state index contributed by atoms with van der Waals surface area (Å²) in [5, 5.41) is 0. The van der Waals surface area contributed by atoms with Gasteiger partial charge < -0.3 is 0 Å². The van der Waals surface area contributed by atoms with Crippen molar-refractivity contribution in [2.45, 2.75) is 84.8 Å². The maximum Gasteiger partial charge on any atom is 0.357 e. The van der Waals surface area contributed by atoms with Gasteiger partial charge in [-0.2, -0.15) is 0 Å². The Hall–Kier alpha value is -4.81. The molecule has 0 saturated heterocycles. The van der Waals surface area contributed by atoms with Crippen LogP contribution in [0.5, 0.6) is 0 Å². The molecule has 0 unspecified atom stereocenters. The molecule has 0 nitrogen and oxygen atoms in total. The number of aryl methyl sites for hydroxylation is 4. The van der Waals surface area contributed by atoms with Crippen LogP contribution in [0.15, 0.2) is 199 Å². The van der Waals surface area contributed by atoms with Gasteiger partial charge in [-0.25, -0.2) is 0 Å². The Kier molecular flexibility index (Phi) is 12.4. The van der Waals surface area contributed by atoms with Crippen molar-refractivity contribution in [3.8, 4) is 22.3 Å². The molecular formula is C56H52IS2+3. The second-order valence-corrected chi connectivity index (χ2v) is 22.5. The summed E-state index contributed by atoms with van der Waals surface area (Å²) < 4.78 is 2.86. The average molecular weight is 916 g/mol. The molecule has 0 saturated carbocycles. The van der Waals surface area contributed by atoms with E-state index in [0.29, 0.717) is 0 Å². The quantitative estimate of drug-likeness (QED) is 0.0947. The third-order valence-corrected chi connectivity index (χ3v) is 19.6. The molecule has 0 aliphatic carbocycles. The van der Waals surface area contributed by atoms with Crippen molar-refractivity contribution in [2.24, 2.45) is 0 Å². The molecule has 8 aromatic rings. The molecule has 0 atom stereocenters. The Balaban J connectivity index is 0.982. The Morgan fingerprint density at radius 2 is 0.508 bits per heavy atom. The van der Waals surface area contributed by atoms with E-state index in [1.807, 2.05) is 0 Å². The van der Waals surface area contributed by atoms with Crippen LogP contribution in [0.2, 0.25) is 0 Å². The Morgan fingerprint density at radius 3 is 0.763 bits per heavy atom. The zero-order chi connectivity index (χ0) is 41.2. The monoisotopic (exact) mass is 915 g/mol. The van der Waals surface area contributed by atoms with Crippen LogP contribution in [0.25, 0.3) is 22.3 Å². The van der Waals surface area contributed by atoms with E-state index >= 15 is 0 Å². The van der Waals surface area contributed by atoms with Crippen LogP contribution in [-0.2, 0) is 21.8 Å². The lowest BCUT2D eigenvalue weighted by atomic mass is 10.1. The predicted molar refractivity (Wildman–Crippen MR) is 249 cm³/mol. The molecule has 59 heavy (non-hydrogen) atoms. The van der Waals surface area contributed by atoms with Gasteiger partial charge in [-0.3, -0.25) is 0 Å². The predicted octanol–water partition coefficient (Wildman–Crippen LogP) is 11.8. The molecule has 0 aromatic heterocycles. The number of rotatable bonds is 10. The minimum Gasteiger partial charge on any atom is -0.0587 e. The fourth-order valence-corrected chi connectivity index (χ4v) is 14.8. The second-order valence-electron chi connectivity index (χ2n) is 15.6. The molecule has 0 fully saturated rings. The number of halogens is 1. The standard InChI is InChI=1S/C56H52IS2/c1-37-13-9-17-53(41(37)5)58(54-18-10-14-38(2)42(54)6)51-33-25-47(26-34-51)45-21-29-49(30-22-45)57-50-31-23-46(24-32-50)48-27-35-52(36-28-48)59(55-19-11-15-39(3)43(55)7)56-20-12-16-40(4)44(56)8/h9-36H,1-8H3/q+3. The highest BCUT2D eigenvalue weighted by Gasteiger charge is 2.34. The molecule has 292 valence electrons. The number of hydrogen-bond acceptors (Lipinski definition) is 0. The van der Waals surface area contributed by atoms with E-state index in [4.69, 9.17) is 0 Å². The first-order chi connectivity index (χ1) is 28.6. The van der Waals surface area contributed by atoms with Crippen LogP contribution in [0.3, 0.4) is 0 Å². The molecule has 0 bridgehead atoms. The molecule has 0 spiro atoms. The summed E-state index contributed by atoms with van der Waals surface area (Å²) in [6.07, 6.45) is 0. The van der Waals surface area contributed by atoms with Crippen molar-refractivity contribution in [1.82, 2.24) is 0 Å². The second kappa shape index (κ2) is 17.8. The van der Waals surface area contributed by atoms with E-state index in [1.54, 1.807) is 0 Å². The van der Waals surface area contributed by atoms with Crippen LogP contribution in [0.4, 0.5) is 0 Å². The van der Waals surface area contributed by atoms with Crippen LogP contribution >= 0.6 is 0 Å². The lowest BCUT2D eigenvalue weighted by molar-refractivity contribution is -0.597. The third-order valence-electron chi connectivity index (χ3n) is 11.9. The summed E-state index contributed by atoms with van der Waals surface area (Å²) >= 11 is -0.292. The summed E-state index contributed by atoms with van der Waals surface area (Å²) in [7, 11) is -0.360. The summed E-state index contributed by atoms with van der Waals surface area (Å²) in [5.74, 6) is 0. The zero-order valence-corrected chi connectivity index (χ0v) is 39.2. The highest BCUT2D eigenvalue weighted by Crippen LogP contribution is 2.39. The lowest BCUT2D eigenvalue weighted by Crippen LogP contribution is -3.61. The molecule has 3 heteroatoms. The SMILES string of the molecule is Cc1cccc([S+](c2ccc(-c3ccc([I+]c4ccc(-c5ccc([S+](c6cccc(C)c6C)c6cccc(C)c6C)cc5)cc4)cc3)cc2)c2cccc(C)c2C)c1C. The average Bonchev–Trinajstić information content (AvgIpc) is 3.25. The smallest absolute Gasteiger partial charge is 0.0587 e. The zero-order valence-electron chi connectivity index (χ0n) is 35.4. The van der Waals surface area contributed by atoms with Crippen molar-refractivity contribution in [2.75, 3.05) is 0 Å². The summed E-state index contributed by atoms with van der Waals surface area (Å²) in [6, 6.07) is 64.3. The maximum atomic E-state index is 2.35. The van der Waals surface area contributed by atoms with Crippen molar-refractivity contribution in [3.63, 3.8) is 0 Å². The van der Waals surface area contributed by atoms with Crippen LogP contribution in [0, 0.1) is 62.5 Å². The van der Waals surface area contributed by atoms with E-state index < -0.39 is 0 Å². The van der Waals surface area contributed by atoms with Gasteiger partial charge in [-0.15, -0.1) is 0 Å². The molecule has 0 N–H and O–H groups in total. The van der Waals surface area contributed by atoms with Gasteiger partial charge in [0.2, 0.25) is 0 Å². The molecule has 8 rings (SSSR count). The van der Waals surface area contributed by atoms with Gasteiger partial charge in [0, 0.05) is 22.3 Å². The van der Waals surface area contributed by atoms with Crippen LogP contribution < -0.4 is 21.2 Å². The molecule has 8 aromatic carbocycles. The highest BCUT2D eigenvalue weighted by atomic mass is 127. The lowest BCUT2D eigenvalue weighted by Gasteiger charge is -2.15. The highest BCUT2D eigenvalue weighted by molar-refractivity contribution is 7.97. The minimum absolute atomic E-state index is 0.180. The number of hydrogen-bond donors (Lipinski definition) is 0. The Morgan fingerprint density at radius 1 is 0.271 bits per heavy atom. The van der Waals surface area contributed by atoms with Crippen molar-refractivity contribution < 1.29 is 21.2 Å². The molecule has 0 radical (unpaired) electrons. The van der Waals surface area contributed by atoms with E-state index in [1.165, 1.54) is 103 Å². The third kappa shape index (κ3) is 8.62. The van der Waals surface area contributed by atoms with E-state index in [9.17, 15) is 0 Å². The van der Waals surface area contributed by atoms with Crippen LogP contribution in [-0.4, -0.2) is 0 Å². The van der Waals surface area contributed by atoms with Crippen molar-refractivity contribution in [1.29, 1.82) is 0 Å². The van der Waals surface area contributed by atoms with E-state index in [0.717, 1.165) is 0 Å². The first-order valence-electron chi connectivity index (χ1n) is 20.4.